The van der Waals surface area contributed by atoms with Gasteiger partial charge < -0.3 is 15.1 Å². The Hall–Kier alpha value is -0.120. The second kappa shape index (κ2) is 8.89. The van der Waals surface area contributed by atoms with Crippen LogP contribution in [0.15, 0.2) is 0 Å². The average Bonchev–Trinajstić information content (AvgIpc) is 2.74. The van der Waals surface area contributed by atoms with Crippen molar-refractivity contribution < 1.29 is 0 Å². The zero-order valence-corrected chi connectivity index (χ0v) is 12.9. The zero-order chi connectivity index (χ0) is 13.4. The lowest BCUT2D eigenvalue weighted by molar-refractivity contribution is 0.177. The first-order chi connectivity index (χ1) is 8.65. The minimum Gasteiger partial charge on any atom is -0.317 e. The van der Waals surface area contributed by atoms with Crippen LogP contribution in [0.1, 0.15) is 46.0 Å². The van der Waals surface area contributed by atoms with Crippen LogP contribution in [0.4, 0.5) is 0 Å². The van der Waals surface area contributed by atoms with Crippen molar-refractivity contribution in [3.8, 4) is 0 Å². The first-order valence-corrected chi connectivity index (χ1v) is 7.76. The van der Waals surface area contributed by atoms with Crippen molar-refractivity contribution in [3.63, 3.8) is 0 Å². The van der Waals surface area contributed by atoms with Gasteiger partial charge in [-0.3, -0.25) is 0 Å². The lowest BCUT2D eigenvalue weighted by Crippen LogP contribution is -2.40. The van der Waals surface area contributed by atoms with Gasteiger partial charge in [0.25, 0.3) is 0 Å². The minimum atomic E-state index is 0.711. The second-order valence-electron chi connectivity index (χ2n) is 5.96. The van der Waals surface area contributed by atoms with Crippen molar-refractivity contribution in [2.24, 2.45) is 0 Å². The summed E-state index contributed by atoms with van der Waals surface area (Å²) in [6.45, 7) is 9.45. The summed E-state index contributed by atoms with van der Waals surface area (Å²) < 4.78 is 0. The fourth-order valence-electron chi connectivity index (χ4n) is 2.77. The van der Waals surface area contributed by atoms with E-state index in [1.165, 1.54) is 51.7 Å². The van der Waals surface area contributed by atoms with Crippen LogP contribution < -0.4 is 5.32 Å². The first kappa shape index (κ1) is 15.9. The van der Waals surface area contributed by atoms with Gasteiger partial charge in [-0.1, -0.05) is 6.92 Å². The molecule has 0 aliphatic carbocycles. The summed E-state index contributed by atoms with van der Waals surface area (Å²) in [7, 11) is 4.56. The van der Waals surface area contributed by atoms with Gasteiger partial charge in [0, 0.05) is 18.6 Å². The van der Waals surface area contributed by atoms with Crippen LogP contribution in [0.2, 0.25) is 0 Å². The molecule has 1 saturated heterocycles. The van der Waals surface area contributed by atoms with Gasteiger partial charge in [0.2, 0.25) is 0 Å². The quantitative estimate of drug-likeness (QED) is 0.637. The highest BCUT2D eigenvalue weighted by Crippen LogP contribution is 2.17. The van der Waals surface area contributed by atoms with E-state index in [4.69, 9.17) is 0 Å². The Balaban J connectivity index is 2.10. The highest BCUT2D eigenvalue weighted by molar-refractivity contribution is 4.80. The third-order valence-electron chi connectivity index (χ3n) is 4.32. The predicted octanol–water partition coefficient (Wildman–Crippen LogP) is 2.18. The van der Waals surface area contributed by atoms with Crippen molar-refractivity contribution in [1.29, 1.82) is 0 Å². The third-order valence-corrected chi connectivity index (χ3v) is 4.32. The molecule has 2 unspecified atom stereocenters. The van der Waals surface area contributed by atoms with Crippen LogP contribution in [0.5, 0.6) is 0 Å². The summed E-state index contributed by atoms with van der Waals surface area (Å²) in [5.41, 5.74) is 0. The molecule has 1 aliphatic heterocycles. The minimum absolute atomic E-state index is 0.711. The third kappa shape index (κ3) is 5.68. The Morgan fingerprint density at radius 1 is 1.39 bits per heavy atom. The molecule has 0 radical (unpaired) electrons. The molecular weight excluding hydrogens is 222 g/mol. The van der Waals surface area contributed by atoms with E-state index in [-0.39, 0.29) is 0 Å². The van der Waals surface area contributed by atoms with E-state index in [2.05, 4.69) is 43.1 Å². The molecule has 0 saturated carbocycles. The maximum absolute atomic E-state index is 3.48. The standard InChI is InChI=1S/C15H33N3/c1-5-10-16-11-6-8-14(2)18(4)13-15-9-7-12-17(15)3/h14-16H,5-13H2,1-4H3. The lowest BCUT2D eigenvalue weighted by atomic mass is 10.1. The van der Waals surface area contributed by atoms with Gasteiger partial charge in [0.1, 0.15) is 0 Å². The fourth-order valence-corrected chi connectivity index (χ4v) is 2.77. The van der Waals surface area contributed by atoms with Crippen molar-refractivity contribution in [3.05, 3.63) is 0 Å². The van der Waals surface area contributed by atoms with Gasteiger partial charge in [0.05, 0.1) is 0 Å². The molecule has 1 fully saturated rings. The molecule has 0 aromatic rings. The van der Waals surface area contributed by atoms with E-state index < -0.39 is 0 Å². The Morgan fingerprint density at radius 2 is 2.17 bits per heavy atom. The molecule has 108 valence electrons. The van der Waals surface area contributed by atoms with E-state index in [0.717, 1.165) is 12.6 Å². The molecule has 3 heteroatoms. The highest BCUT2D eigenvalue weighted by atomic mass is 15.2. The summed E-state index contributed by atoms with van der Waals surface area (Å²) in [5, 5.41) is 3.48. The molecule has 1 aliphatic rings. The van der Waals surface area contributed by atoms with Gasteiger partial charge in [0.15, 0.2) is 0 Å². The van der Waals surface area contributed by atoms with E-state index >= 15 is 0 Å². The monoisotopic (exact) mass is 255 g/mol. The average molecular weight is 255 g/mol. The van der Waals surface area contributed by atoms with Crippen LogP contribution >= 0.6 is 0 Å². The van der Waals surface area contributed by atoms with Gasteiger partial charge in [-0.15, -0.1) is 0 Å². The van der Waals surface area contributed by atoms with Gasteiger partial charge in [-0.25, -0.2) is 0 Å². The molecule has 1 rings (SSSR count). The molecule has 0 aromatic heterocycles. The summed E-state index contributed by atoms with van der Waals surface area (Å²) in [6.07, 6.45) is 6.61. The van der Waals surface area contributed by atoms with Crippen molar-refractivity contribution in [2.75, 3.05) is 40.3 Å². The molecule has 0 amide bonds. The van der Waals surface area contributed by atoms with Crippen molar-refractivity contribution in [1.82, 2.24) is 15.1 Å². The van der Waals surface area contributed by atoms with Gasteiger partial charge in [-0.2, -0.15) is 0 Å². The maximum Gasteiger partial charge on any atom is 0.0220 e. The Labute approximate surface area is 114 Å². The van der Waals surface area contributed by atoms with E-state index in [9.17, 15) is 0 Å². The second-order valence-corrected chi connectivity index (χ2v) is 5.96. The predicted molar refractivity (Wildman–Crippen MR) is 80.1 cm³/mol. The largest absolute Gasteiger partial charge is 0.317 e. The number of rotatable bonds is 9. The highest BCUT2D eigenvalue weighted by Gasteiger charge is 2.23. The van der Waals surface area contributed by atoms with Crippen molar-refractivity contribution >= 4 is 0 Å². The lowest BCUT2D eigenvalue weighted by Gasteiger charge is -2.30. The van der Waals surface area contributed by atoms with Gasteiger partial charge >= 0.3 is 0 Å². The molecule has 1 N–H and O–H groups in total. The Morgan fingerprint density at radius 3 is 2.78 bits per heavy atom. The number of nitrogens with zero attached hydrogens (tertiary/aromatic N) is 2. The first-order valence-electron chi connectivity index (χ1n) is 7.76. The molecule has 1 heterocycles. The molecule has 3 nitrogen and oxygen atoms in total. The topological polar surface area (TPSA) is 18.5 Å². The van der Waals surface area contributed by atoms with Crippen molar-refractivity contribution in [2.45, 2.75) is 58.0 Å². The SMILES string of the molecule is CCCNCCCC(C)N(C)CC1CCCN1C. The number of likely N-dealkylation sites (N-methyl/N-ethyl adjacent to an activating group) is 2. The van der Waals surface area contributed by atoms with E-state index in [0.29, 0.717) is 6.04 Å². The molecular formula is C15H33N3. The fraction of sp³-hybridized carbons (Fsp3) is 1.00. The smallest absolute Gasteiger partial charge is 0.0220 e. The molecule has 0 spiro atoms. The number of hydrogen-bond donors (Lipinski definition) is 1. The van der Waals surface area contributed by atoms with Crippen LogP contribution in [-0.2, 0) is 0 Å². The van der Waals surface area contributed by atoms with E-state index in [1.54, 1.807) is 0 Å². The number of nitrogens with one attached hydrogen (secondary N) is 1. The molecule has 0 bridgehead atoms. The zero-order valence-electron chi connectivity index (χ0n) is 12.9. The number of likely N-dealkylation sites (tertiary alicyclic amines) is 1. The normalized spacial score (nSPS) is 22.8. The molecule has 0 aromatic carbocycles. The Bertz CT molecular complexity index is 208. The van der Waals surface area contributed by atoms with E-state index in [1.807, 2.05) is 0 Å². The summed E-state index contributed by atoms with van der Waals surface area (Å²) in [5.74, 6) is 0. The van der Waals surface area contributed by atoms with Crippen LogP contribution in [0.3, 0.4) is 0 Å². The van der Waals surface area contributed by atoms with Crippen LogP contribution in [-0.4, -0.2) is 62.2 Å². The Kier molecular flexibility index (Phi) is 7.87. The van der Waals surface area contributed by atoms with Crippen LogP contribution in [0, 0.1) is 0 Å². The van der Waals surface area contributed by atoms with Crippen LogP contribution in [0.25, 0.3) is 0 Å². The van der Waals surface area contributed by atoms with Gasteiger partial charge in [-0.05, 0) is 72.8 Å². The summed E-state index contributed by atoms with van der Waals surface area (Å²) in [6, 6.07) is 1.50. The maximum atomic E-state index is 3.48. The molecule has 2 atom stereocenters. The summed E-state index contributed by atoms with van der Waals surface area (Å²) in [4.78, 5) is 5.07. The molecule has 18 heavy (non-hydrogen) atoms. The summed E-state index contributed by atoms with van der Waals surface area (Å²) >= 11 is 0. The number of hydrogen-bond acceptors (Lipinski definition) is 3.